The standard InChI is InChI=1S/C15H20O3/c1-10-5-6-14-12(7-10)13(16)8-11(18-14)9-15(2,3)17-4/h5-7,11H,8-9H2,1-4H3. The highest BCUT2D eigenvalue weighted by molar-refractivity contribution is 6.00. The van der Waals surface area contributed by atoms with Gasteiger partial charge in [-0.2, -0.15) is 0 Å². The van der Waals surface area contributed by atoms with Crippen LogP contribution in [-0.2, 0) is 4.74 Å². The first-order valence-corrected chi connectivity index (χ1v) is 6.27. The number of rotatable bonds is 3. The van der Waals surface area contributed by atoms with Gasteiger partial charge in [0.25, 0.3) is 0 Å². The van der Waals surface area contributed by atoms with E-state index < -0.39 is 0 Å². The highest BCUT2D eigenvalue weighted by atomic mass is 16.5. The zero-order valence-corrected chi connectivity index (χ0v) is 11.4. The van der Waals surface area contributed by atoms with E-state index in [1.807, 2.05) is 39.0 Å². The molecule has 2 rings (SSSR count). The van der Waals surface area contributed by atoms with Gasteiger partial charge in [-0.25, -0.2) is 0 Å². The van der Waals surface area contributed by atoms with Crippen molar-refractivity contribution in [3.8, 4) is 5.75 Å². The molecule has 0 fully saturated rings. The Morgan fingerprint density at radius 3 is 2.83 bits per heavy atom. The Labute approximate surface area is 108 Å². The number of Topliss-reactive ketones (excluding diaryl/α,β-unsaturated/α-hetero) is 1. The van der Waals surface area contributed by atoms with Crippen molar-refractivity contribution >= 4 is 5.78 Å². The summed E-state index contributed by atoms with van der Waals surface area (Å²) in [6.07, 6.45) is 1.05. The second-order valence-corrected chi connectivity index (χ2v) is 5.53. The zero-order chi connectivity index (χ0) is 13.3. The zero-order valence-electron chi connectivity index (χ0n) is 11.4. The molecule has 1 aromatic carbocycles. The van der Waals surface area contributed by atoms with Gasteiger partial charge in [0.1, 0.15) is 11.9 Å². The predicted molar refractivity (Wildman–Crippen MR) is 70.2 cm³/mol. The molecule has 0 saturated carbocycles. The molecular formula is C15H20O3. The highest BCUT2D eigenvalue weighted by Crippen LogP contribution is 2.31. The van der Waals surface area contributed by atoms with Gasteiger partial charge in [-0.05, 0) is 32.9 Å². The van der Waals surface area contributed by atoms with E-state index in [1.165, 1.54) is 0 Å². The van der Waals surface area contributed by atoms with Crippen molar-refractivity contribution in [2.75, 3.05) is 7.11 Å². The summed E-state index contributed by atoms with van der Waals surface area (Å²) < 4.78 is 11.3. The van der Waals surface area contributed by atoms with Crippen LogP contribution in [0.4, 0.5) is 0 Å². The number of fused-ring (bicyclic) bond motifs is 1. The van der Waals surface area contributed by atoms with Gasteiger partial charge in [-0.15, -0.1) is 0 Å². The molecule has 0 N–H and O–H groups in total. The number of carbonyl (C=O) groups excluding carboxylic acids is 1. The molecule has 0 aromatic heterocycles. The fourth-order valence-corrected chi connectivity index (χ4v) is 2.25. The van der Waals surface area contributed by atoms with E-state index in [0.717, 1.165) is 5.56 Å². The molecule has 1 atom stereocenters. The Kier molecular flexibility index (Phi) is 3.44. The van der Waals surface area contributed by atoms with E-state index in [4.69, 9.17) is 9.47 Å². The minimum Gasteiger partial charge on any atom is -0.489 e. The van der Waals surface area contributed by atoms with Crippen molar-refractivity contribution in [3.63, 3.8) is 0 Å². The molecule has 1 aliphatic heterocycles. The van der Waals surface area contributed by atoms with Crippen LogP contribution in [0.3, 0.4) is 0 Å². The Morgan fingerprint density at radius 1 is 1.44 bits per heavy atom. The number of aryl methyl sites for hydroxylation is 1. The average molecular weight is 248 g/mol. The lowest BCUT2D eigenvalue weighted by Crippen LogP contribution is -2.35. The van der Waals surface area contributed by atoms with E-state index in [9.17, 15) is 4.79 Å². The Balaban J connectivity index is 2.18. The molecule has 98 valence electrons. The van der Waals surface area contributed by atoms with Crippen LogP contribution in [-0.4, -0.2) is 24.6 Å². The van der Waals surface area contributed by atoms with Gasteiger partial charge >= 0.3 is 0 Å². The van der Waals surface area contributed by atoms with Crippen molar-refractivity contribution in [3.05, 3.63) is 29.3 Å². The van der Waals surface area contributed by atoms with Crippen LogP contribution in [0.5, 0.6) is 5.75 Å². The van der Waals surface area contributed by atoms with Gasteiger partial charge < -0.3 is 9.47 Å². The van der Waals surface area contributed by atoms with Crippen LogP contribution in [0.2, 0.25) is 0 Å². The van der Waals surface area contributed by atoms with Crippen LogP contribution in [0, 0.1) is 6.92 Å². The van der Waals surface area contributed by atoms with Crippen LogP contribution >= 0.6 is 0 Å². The first-order valence-electron chi connectivity index (χ1n) is 6.27. The molecule has 0 bridgehead atoms. The van der Waals surface area contributed by atoms with Crippen molar-refractivity contribution < 1.29 is 14.3 Å². The SMILES string of the molecule is COC(C)(C)CC1CC(=O)c2cc(C)ccc2O1. The Hall–Kier alpha value is -1.35. The monoisotopic (exact) mass is 248 g/mol. The first-order chi connectivity index (χ1) is 8.41. The average Bonchev–Trinajstić information content (AvgIpc) is 2.30. The molecular weight excluding hydrogens is 228 g/mol. The van der Waals surface area contributed by atoms with Crippen LogP contribution in [0.15, 0.2) is 18.2 Å². The molecule has 0 aliphatic carbocycles. The molecule has 1 aromatic rings. The minimum atomic E-state index is -0.271. The first kappa shape index (κ1) is 13.1. The summed E-state index contributed by atoms with van der Waals surface area (Å²) in [6, 6.07) is 5.75. The lowest BCUT2D eigenvalue weighted by Gasteiger charge is -2.31. The largest absolute Gasteiger partial charge is 0.489 e. The molecule has 1 unspecified atom stereocenters. The molecule has 18 heavy (non-hydrogen) atoms. The quantitative estimate of drug-likeness (QED) is 0.824. The summed E-state index contributed by atoms with van der Waals surface area (Å²) in [5, 5.41) is 0. The number of hydrogen-bond acceptors (Lipinski definition) is 3. The smallest absolute Gasteiger partial charge is 0.170 e. The number of ether oxygens (including phenoxy) is 2. The van der Waals surface area contributed by atoms with Crippen LogP contribution < -0.4 is 4.74 Å². The fourth-order valence-electron chi connectivity index (χ4n) is 2.25. The normalized spacial score (nSPS) is 19.3. The van der Waals surface area contributed by atoms with E-state index in [1.54, 1.807) is 7.11 Å². The summed E-state index contributed by atoms with van der Waals surface area (Å²) in [5.41, 5.74) is 1.52. The third kappa shape index (κ3) is 2.72. The minimum absolute atomic E-state index is 0.0948. The number of ketones is 1. The van der Waals surface area contributed by atoms with Crippen molar-refractivity contribution in [1.82, 2.24) is 0 Å². The van der Waals surface area contributed by atoms with Crippen LogP contribution in [0.25, 0.3) is 0 Å². The highest BCUT2D eigenvalue weighted by Gasteiger charge is 2.31. The van der Waals surface area contributed by atoms with E-state index in [0.29, 0.717) is 24.2 Å². The Morgan fingerprint density at radius 2 is 2.17 bits per heavy atom. The second kappa shape index (κ2) is 4.73. The summed E-state index contributed by atoms with van der Waals surface area (Å²) in [7, 11) is 1.68. The van der Waals surface area contributed by atoms with E-state index in [-0.39, 0.29) is 17.5 Å². The number of benzene rings is 1. The number of hydrogen-bond donors (Lipinski definition) is 0. The topological polar surface area (TPSA) is 35.5 Å². The summed E-state index contributed by atoms with van der Waals surface area (Å²) >= 11 is 0. The van der Waals surface area contributed by atoms with Gasteiger partial charge in [0, 0.05) is 20.0 Å². The van der Waals surface area contributed by atoms with Crippen molar-refractivity contribution in [2.24, 2.45) is 0 Å². The van der Waals surface area contributed by atoms with Crippen molar-refractivity contribution in [2.45, 2.75) is 45.3 Å². The fraction of sp³-hybridized carbons (Fsp3) is 0.533. The molecule has 3 nitrogen and oxygen atoms in total. The second-order valence-electron chi connectivity index (χ2n) is 5.53. The number of carbonyl (C=O) groups is 1. The van der Waals surface area contributed by atoms with Crippen LogP contribution in [0.1, 0.15) is 42.6 Å². The molecule has 1 aliphatic rings. The van der Waals surface area contributed by atoms with Gasteiger partial charge in [0.2, 0.25) is 0 Å². The summed E-state index contributed by atoms with van der Waals surface area (Å²) in [6.45, 7) is 5.99. The summed E-state index contributed by atoms with van der Waals surface area (Å²) in [5.74, 6) is 0.866. The molecule has 0 spiro atoms. The van der Waals surface area contributed by atoms with Gasteiger partial charge in [-0.3, -0.25) is 4.79 Å². The molecule has 0 radical (unpaired) electrons. The lowest BCUT2D eigenvalue weighted by atomic mass is 9.92. The maximum absolute atomic E-state index is 12.1. The van der Waals surface area contributed by atoms with Gasteiger partial charge in [0.15, 0.2) is 5.78 Å². The molecule has 3 heteroatoms. The van der Waals surface area contributed by atoms with Gasteiger partial charge in [-0.1, -0.05) is 11.6 Å². The third-order valence-corrected chi connectivity index (χ3v) is 3.41. The molecule has 1 heterocycles. The molecule has 0 amide bonds. The maximum Gasteiger partial charge on any atom is 0.170 e. The molecule has 0 saturated heterocycles. The third-order valence-electron chi connectivity index (χ3n) is 3.41. The Bertz CT molecular complexity index is 463. The number of methoxy groups -OCH3 is 1. The van der Waals surface area contributed by atoms with Gasteiger partial charge in [0.05, 0.1) is 11.2 Å². The summed E-state index contributed by atoms with van der Waals surface area (Å²) in [4.78, 5) is 12.1. The predicted octanol–water partition coefficient (Wildman–Crippen LogP) is 3.14. The van der Waals surface area contributed by atoms with E-state index in [2.05, 4.69) is 0 Å². The lowest BCUT2D eigenvalue weighted by molar-refractivity contribution is -0.0157. The van der Waals surface area contributed by atoms with E-state index >= 15 is 0 Å². The maximum atomic E-state index is 12.1. The van der Waals surface area contributed by atoms with Crippen molar-refractivity contribution in [1.29, 1.82) is 0 Å².